The second kappa shape index (κ2) is 12.6. The van der Waals surface area contributed by atoms with Gasteiger partial charge in [-0.1, -0.05) is 79.6 Å². The first kappa shape index (κ1) is 27.8. The summed E-state index contributed by atoms with van der Waals surface area (Å²) in [7, 11) is -0.785. The van der Waals surface area contributed by atoms with E-state index in [0.29, 0.717) is 0 Å². The molecular weight excluding hydrogens is 511 g/mol. The number of hydrogen-bond acceptors (Lipinski definition) is 4. The average molecular weight is 549 g/mol. The molecule has 1 aliphatic rings. The van der Waals surface area contributed by atoms with Gasteiger partial charge in [0.15, 0.2) is 0 Å². The molecule has 4 aromatic rings. The van der Waals surface area contributed by atoms with E-state index in [0.717, 1.165) is 53.5 Å². The number of benzene rings is 4. The van der Waals surface area contributed by atoms with Crippen LogP contribution in [0.4, 0.5) is 0 Å². The van der Waals surface area contributed by atoms with E-state index in [1.165, 1.54) is 15.9 Å². The molecule has 0 heterocycles. The second-order valence-corrected chi connectivity index (χ2v) is 12.9. The zero-order valence-corrected chi connectivity index (χ0v) is 24.4. The number of aliphatic imine (C=N–C) groups is 2. The van der Waals surface area contributed by atoms with E-state index >= 15 is 0 Å². The lowest BCUT2D eigenvalue weighted by Gasteiger charge is -2.25. The average Bonchev–Trinajstić information content (AvgIpc) is 2.97. The monoisotopic (exact) mass is 548 g/mol. The summed E-state index contributed by atoms with van der Waals surface area (Å²) in [6.07, 6.45) is 7.80. The van der Waals surface area contributed by atoms with Gasteiger partial charge in [0, 0.05) is 23.6 Å². The summed E-state index contributed by atoms with van der Waals surface area (Å²) in [5.41, 5.74) is 4.31. The maximum atomic E-state index is 11.0. The molecule has 4 nitrogen and oxygen atoms in total. The molecule has 0 spiro atoms. The first-order valence-corrected chi connectivity index (χ1v) is 15.4. The minimum absolute atomic E-state index is 0.0335. The highest BCUT2D eigenvalue weighted by molar-refractivity contribution is 7.79. The third kappa shape index (κ3) is 6.35. The fourth-order valence-corrected chi connectivity index (χ4v) is 7.92. The zero-order valence-electron chi connectivity index (χ0n) is 23.5. The first-order chi connectivity index (χ1) is 19.4. The van der Waals surface area contributed by atoms with Crippen LogP contribution in [0.3, 0.4) is 0 Å². The van der Waals surface area contributed by atoms with E-state index in [1.807, 2.05) is 57.5 Å². The Bertz CT molecular complexity index is 1480. The van der Waals surface area contributed by atoms with Gasteiger partial charge in [0.05, 0.1) is 12.1 Å². The lowest BCUT2D eigenvalue weighted by molar-refractivity contribution is 0.390. The molecule has 5 heteroatoms. The SMILES string of the molecule is Cc1cc(C)c(O)c(C=N[C@H]2CCCC[C@@H]2N=Cc2cc(P(c3ccccc3)c3ccccc3)cc(C)c2O)c1. The van der Waals surface area contributed by atoms with E-state index < -0.39 is 7.92 Å². The maximum Gasteiger partial charge on any atom is 0.127 e. The van der Waals surface area contributed by atoms with Crippen LogP contribution in [0, 0.1) is 20.8 Å². The maximum absolute atomic E-state index is 11.0. The number of phenolic OH excluding ortho intramolecular Hbond substituents is 2. The van der Waals surface area contributed by atoms with E-state index in [4.69, 9.17) is 9.98 Å². The highest BCUT2D eigenvalue weighted by Gasteiger charge is 2.24. The second-order valence-electron chi connectivity index (χ2n) is 10.7. The predicted octanol–water partition coefficient (Wildman–Crippen LogP) is 6.63. The molecule has 0 radical (unpaired) electrons. The summed E-state index contributed by atoms with van der Waals surface area (Å²) in [4.78, 5) is 9.90. The van der Waals surface area contributed by atoms with Crippen LogP contribution in [-0.4, -0.2) is 34.7 Å². The van der Waals surface area contributed by atoms with Gasteiger partial charge in [-0.05, 0) is 92.3 Å². The van der Waals surface area contributed by atoms with Crippen molar-refractivity contribution in [3.8, 4) is 11.5 Å². The van der Waals surface area contributed by atoms with Crippen molar-refractivity contribution in [2.24, 2.45) is 9.98 Å². The van der Waals surface area contributed by atoms with E-state index in [-0.39, 0.29) is 23.6 Å². The fourth-order valence-electron chi connectivity index (χ4n) is 5.50. The smallest absolute Gasteiger partial charge is 0.127 e. The molecule has 2 N–H and O–H groups in total. The topological polar surface area (TPSA) is 65.2 Å². The Labute approximate surface area is 238 Å². The molecule has 0 aromatic heterocycles. The van der Waals surface area contributed by atoms with Gasteiger partial charge in [0.1, 0.15) is 11.5 Å². The van der Waals surface area contributed by atoms with Crippen molar-refractivity contribution in [1.29, 1.82) is 0 Å². The van der Waals surface area contributed by atoms with Gasteiger partial charge < -0.3 is 10.2 Å². The van der Waals surface area contributed by atoms with E-state index in [1.54, 1.807) is 0 Å². The summed E-state index contributed by atoms with van der Waals surface area (Å²) in [6, 6.07) is 29.4. The van der Waals surface area contributed by atoms with Crippen LogP contribution < -0.4 is 15.9 Å². The summed E-state index contributed by atoms with van der Waals surface area (Å²) in [6.45, 7) is 5.91. The van der Waals surface area contributed by atoms with Crippen molar-refractivity contribution >= 4 is 36.3 Å². The van der Waals surface area contributed by atoms with Crippen molar-refractivity contribution in [2.75, 3.05) is 0 Å². The molecule has 0 aliphatic heterocycles. The Morgan fingerprint density at radius 2 is 1.10 bits per heavy atom. The van der Waals surface area contributed by atoms with Gasteiger partial charge in [0.2, 0.25) is 0 Å². The molecule has 0 unspecified atom stereocenters. The van der Waals surface area contributed by atoms with Gasteiger partial charge in [0.25, 0.3) is 0 Å². The molecule has 1 fully saturated rings. The van der Waals surface area contributed by atoms with Gasteiger partial charge in [-0.3, -0.25) is 9.98 Å². The van der Waals surface area contributed by atoms with Crippen molar-refractivity contribution < 1.29 is 10.2 Å². The molecule has 5 rings (SSSR count). The Morgan fingerprint density at radius 3 is 1.62 bits per heavy atom. The Morgan fingerprint density at radius 1 is 0.625 bits per heavy atom. The number of phenols is 2. The molecule has 0 amide bonds. The van der Waals surface area contributed by atoms with Gasteiger partial charge in [-0.25, -0.2) is 0 Å². The number of aromatic hydroxyl groups is 2. The molecule has 2 atom stereocenters. The number of rotatable bonds is 7. The van der Waals surface area contributed by atoms with Crippen molar-refractivity contribution in [1.82, 2.24) is 0 Å². The van der Waals surface area contributed by atoms with Crippen LogP contribution in [0.5, 0.6) is 11.5 Å². The quantitative estimate of drug-likeness (QED) is 0.201. The Kier molecular flexibility index (Phi) is 8.77. The van der Waals surface area contributed by atoms with Crippen LogP contribution in [0.15, 0.2) is 94.9 Å². The fraction of sp³-hybridized carbons (Fsp3) is 0.257. The molecule has 4 aromatic carbocycles. The van der Waals surface area contributed by atoms with E-state index in [2.05, 4.69) is 60.7 Å². The van der Waals surface area contributed by atoms with Crippen LogP contribution in [0.1, 0.15) is 53.5 Å². The molecule has 1 saturated carbocycles. The highest BCUT2D eigenvalue weighted by Crippen LogP contribution is 2.35. The molecule has 204 valence electrons. The van der Waals surface area contributed by atoms with Gasteiger partial charge >= 0.3 is 0 Å². The standard InChI is InChI=1S/C35H37N2O2P/c1-24-18-25(2)34(38)27(19-24)22-36-32-16-10-11-17-33(32)37-23-28-21-31(20-26(3)35(28)39)40(29-12-6-4-7-13-29)30-14-8-5-9-15-30/h4-9,12-15,18-23,32-33,38-39H,10-11,16-17H2,1-3H3/t32-,33-/m0/s1. The van der Waals surface area contributed by atoms with Crippen LogP contribution in [0.2, 0.25) is 0 Å². The minimum Gasteiger partial charge on any atom is -0.507 e. The summed E-state index contributed by atoms with van der Waals surface area (Å²) in [5, 5.41) is 25.3. The number of nitrogens with zero attached hydrogens (tertiary/aromatic N) is 2. The lowest BCUT2D eigenvalue weighted by atomic mass is 9.91. The van der Waals surface area contributed by atoms with Crippen LogP contribution >= 0.6 is 7.92 Å². The Balaban J connectivity index is 1.46. The Hall–Kier alpha value is -3.75. The lowest BCUT2D eigenvalue weighted by Crippen LogP contribution is -2.27. The molecule has 1 aliphatic carbocycles. The summed E-state index contributed by atoms with van der Waals surface area (Å²) < 4.78 is 0. The van der Waals surface area contributed by atoms with Crippen molar-refractivity contribution in [3.05, 3.63) is 113 Å². The molecule has 0 saturated heterocycles. The highest BCUT2D eigenvalue weighted by atomic mass is 31.1. The molecular formula is C35H37N2O2P. The first-order valence-electron chi connectivity index (χ1n) is 14.0. The minimum atomic E-state index is -0.785. The van der Waals surface area contributed by atoms with Crippen LogP contribution in [0.25, 0.3) is 0 Å². The summed E-state index contributed by atoms with van der Waals surface area (Å²) in [5.74, 6) is 0.565. The largest absolute Gasteiger partial charge is 0.507 e. The third-order valence-electron chi connectivity index (χ3n) is 7.58. The van der Waals surface area contributed by atoms with Gasteiger partial charge in [-0.15, -0.1) is 0 Å². The van der Waals surface area contributed by atoms with Crippen molar-refractivity contribution in [3.63, 3.8) is 0 Å². The molecule has 40 heavy (non-hydrogen) atoms. The number of hydrogen-bond donors (Lipinski definition) is 2. The number of aryl methyl sites for hydroxylation is 3. The predicted molar refractivity (Wildman–Crippen MR) is 170 cm³/mol. The van der Waals surface area contributed by atoms with Gasteiger partial charge in [-0.2, -0.15) is 0 Å². The van der Waals surface area contributed by atoms with Crippen LogP contribution in [-0.2, 0) is 0 Å². The third-order valence-corrected chi connectivity index (χ3v) is 9.98. The van der Waals surface area contributed by atoms with E-state index in [9.17, 15) is 10.2 Å². The summed E-state index contributed by atoms with van der Waals surface area (Å²) >= 11 is 0. The van der Waals surface area contributed by atoms with Crippen molar-refractivity contribution in [2.45, 2.75) is 58.5 Å². The normalized spacial score (nSPS) is 17.7. The zero-order chi connectivity index (χ0) is 28.1. The molecule has 0 bridgehead atoms.